The number of rotatable bonds is 5. The van der Waals surface area contributed by atoms with Crippen molar-refractivity contribution in [1.82, 2.24) is 0 Å². The van der Waals surface area contributed by atoms with Gasteiger partial charge in [0.05, 0.1) is 0 Å². The fourth-order valence-corrected chi connectivity index (χ4v) is 0.699. The van der Waals surface area contributed by atoms with Crippen LogP contribution in [0.3, 0.4) is 0 Å². The van der Waals surface area contributed by atoms with Gasteiger partial charge in [-0.1, -0.05) is 33.8 Å². The van der Waals surface area contributed by atoms with Crippen LogP contribution >= 0.6 is 0 Å². The number of ketones is 2. The van der Waals surface area contributed by atoms with E-state index in [-0.39, 0.29) is 11.6 Å². The molecule has 0 N–H and O–H groups in total. The molecule has 0 aromatic rings. The van der Waals surface area contributed by atoms with Crippen molar-refractivity contribution in [3.05, 3.63) is 12.2 Å². The molecule has 0 rings (SSSR count). The monoisotopic (exact) mass is 270 g/mol. The van der Waals surface area contributed by atoms with Gasteiger partial charge in [-0.05, 0) is 45.1 Å². The van der Waals surface area contributed by atoms with E-state index in [1.807, 2.05) is 19.9 Å². The van der Waals surface area contributed by atoms with Gasteiger partial charge in [-0.15, -0.1) is 0 Å². The van der Waals surface area contributed by atoms with Crippen LogP contribution in [0.4, 0.5) is 0 Å². The highest BCUT2D eigenvalue weighted by Crippen LogP contribution is 1.99. The Bertz CT molecular complexity index is 259. The van der Waals surface area contributed by atoms with Gasteiger partial charge < -0.3 is 9.59 Å². The molecule has 0 fully saturated rings. The summed E-state index contributed by atoms with van der Waals surface area (Å²) >= 11 is 0. The standard InChI is InChI=1S/C8H14O.C5H10O.C3H6O/c1-7(2)5-4-6-8(3)9;1-5(2)3-4-6;1-3(2)4/h4,6-7H,5H2,1-3H3;4-5H,3H2,1-2H3;1-2H3. The molecule has 0 aromatic heterocycles. The van der Waals surface area contributed by atoms with Crippen LogP contribution in [0.5, 0.6) is 0 Å². The Morgan fingerprint density at radius 3 is 1.42 bits per heavy atom. The molecule has 0 atom stereocenters. The smallest absolute Gasteiger partial charge is 0.152 e. The predicted molar refractivity (Wildman–Crippen MR) is 81.2 cm³/mol. The number of hydrogen-bond donors (Lipinski definition) is 0. The fourth-order valence-electron chi connectivity index (χ4n) is 0.699. The van der Waals surface area contributed by atoms with Crippen molar-refractivity contribution in [3.8, 4) is 0 Å². The molecule has 3 nitrogen and oxygen atoms in total. The van der Waals surface area contributed by atoms with Crippen molar-refractivity contribution in [1.29, 1.82) is 0 Å². The van der Waals surface area contributed by atoms with E-state index in [0.717, 1.165) is 12.7 Å². The summed E-state index contributed by atoms with van der Waals surface area (Å²) in [6, 6.07) is 0. The Kier molecular flexibility index (Phi) is 20.2. The maximum atomic E-state index is 10.3. The van der Waals surface area contributed by atoms with Crippen molar-refractivity contribution >= 4 is 17.9 Å². The van der Waals surface area contributed by atoms with Gasteiger partial charge in [0, 0.05) is 6.42 Å². The SMILES string of the molecule is CC(=O)C=CCC(C)C.CC(C)=O.CC(C)CC=O. The molecule has 0 radical (unpaired) electrons. The molecular weight excluding hydrogens is 240 g/mol. The quantitative estimate of drug-likeness (QED) is 0.560. The lowest BCUT2D eigenvalue weighted by atomic mass is 10.1. The second-order valence-electron chi connectivity index (χ2n) is 5.35. The summed E-state index contributed by atoms with van der Waals surface area (Å²) in [7, 11) is 0. The van der Waals surface area contributed by atoms with Crippen LogP contribution in [0.25, 0.3) is 0 Å². The summed E-state index contributed by atoms with van der Waals surface area (Å²) in [5.41, 5.74) is 0. The maximum Gasteiger partial charge on any atom is 0.152 e. The lowest BCUT2D eigenvalue weighted by Gasteiger charge is -1.94. The van der Waals surface area contributed by atoms with Crippen molar-refractivity contribution in [2.24, 2.45) is 11.8 Å². The second kappa shape index (κ2) is 16.8. The molecular formula is C16H30O3. The molecule has 0 spiro atoms. The van der Waals surface area contributed by atoms with Crippen LogP contribution in [0.15, 0.2) is 12.2 Å². The van der Waals surface area contributed by atoms with Crippen LogP contribution in [0.2, 0.25) is 0 Å². The van der Waals surface area contributed by atoms with E-state index in [1.54, 1.807) is 13.0 Å². The summed E-state index contributed by atoms with van der Waals surface area (Å²) in [6.07, 6.45) is 6.19. The highest BCUT2D eigenvalue weighted by atomic mass is 16.1. The molecule has 3 heteroatoms. The van der Waals surface area contributed by atoms with Gasteiger partial charge in [0.15, 0.2) is 5.78 Å². The van der Waals surface area contributed by atoms with Gasteiger partial charge in [-0.3, -0.25) is 4.79 Å². The first-order valence-electron chi connectivity index (χ1n) is 6.71. The third kappa shape index (κ3) is 60.7. The van der Waals surface area contributed by atoms with E-state index >= 15 is 0 Å². The van der Waals surface area contributed by atoms with Gasteiger partial charge in [0.2, 0.25) is 0 Å². The average molecular weight is 270 g/mol. The van der Waals surface area contributed by atoms with Gasteiger partial charge in [-0.2, -0.15) is 0 Å². The van der Waals surface area contributed by atoms with E-state index in [1.165, 1.54) is 13.8 Å². The highest BCUT2D eigenvalue weighted by Gasteiger charge is 1.87. The number of allylic oxidation sites excluding steroid dienone is 2. The zero-order chi connectivity index (χ0) is 15.8. The lowest BCUT2D eigenvalue weighted by Crippen LogP contribution is -1.84. The van der Waals surface area contributed by atoms with Crippen LogP contribution in [0, 0.1) is 11.8 Å². The van der Waals surface area contributed by atoms with E-state index in [9.17, 15) is 14.4 Å². The molecule has 0 aromatic carbocycles. The first-order valence-corrected chi connectivity index (χ1v) is 6.71. The molecule has 0 saturated carbocycles. The third-order valence-corrected chi connectivity index (χ3v) is 1.53. The lowest BCUT2D eigenvalue weighted by molar-refractivity contribution is -0.115. The number of carbonyl (C=O) groups is 3. The molecule has 0 amide bonds. The van der Waals surface area contributed by atoms with Crippen molar-refractivity contribution in [3.63, 3.8) is 0 Å². The third-order valence-electron chi connectivity index (χ3n) is 1.53. The van der Waals surface area contributed by atoms with E-state index < -0.39 is 0 Å². The largest absolute Gasteiger partial charge is 0.303 e. The molecule has 0 aliphatic carbocycles. The van der Waals surface area contributed by atoms with Crippen LogP contribution in [-0.4, -0.2) is 17.9 Å². The van der Waals surface area contributed by atoms with E-state index in [2.05, 4.69) is 13.8 Å². The zero-order valence-corrected chi connectivity index (χ0v) is 13.5. The Morgan fingerprint density at radius 2 is 1.26 bits per heavy atom. The summed E-state index contributed by atoms with van der Waals surface area (Å²) < 4.78 is 0. The number of aldehydes is 1. The Hall–Kier alpha value is -1.25. The Labute approximate surface area is 118 Å². The first-order chi connectivity index (χ1) is 8.63. The molecule has 0 heterocycles. The predicted octanol–water partition coefficient (Wildman–Crippen LogP) is 4.00. The van der Waals surface area contributed by atoms with Gasteiger partial charge in [0.1, 0.15) is 12.1 Å². The topological polar surface area (TPSA) is 51.2 Å². The second-order valence-corrected chi connectivity index (χ2v) is 5.35. The molecule has 0 aliphatic rings. The van der Waals surface area contributed by atoms with E-state index in [4.69, 9.17) is 0 Å². The minimum Gasteiger partial charge on any atom is -0.303 e. The Morgan fingerprint density at radius 1 is 0.895 bits per heavy atom. The maximum absolute atomic E-state index is 10.3. The molecule has 0 unspecified atom stereocenters. The van der Waals surface area contributed by atoms with Crippen molar-refractivity contribution in [2.45, 2.75) is 61.3 Å². The zero-order valence-electron chi connectivity index (χ0n) is 13.5. The highest BCUT2D eigenvalue weighted by molar-refractivity contribution is 5.87. The molecule has 0 aliphatic heterocycles. The summed E-state index contributed by atoms with van der Waals surface area (Å²) in [6.45, 7) is 12.9. The van der Waals surface area contributed by atoms with Crippen molar-refractivity contribution < 1.29 is 14.4 Å². The van der Waals surface area contributed by atoms with Crippen LogP contribution in [-0.2, 0) is 14.4 Å². The van der Waals surface area contributed by atoms with E-state index in [0.29, 0.717) is 18.3 Å². The number of hydrogen-bond acceptors (Lipinski definition) is 3. The van der Waals surface area contributed by atoms with Gasteiger partial charge in [0.25, 0.3) is 0 Å². The molecule has 19 heavy (non-hydrogen) atoms. The summed E-state index contributed by atoms with van der Waals surface area (Å²) in [5, 5.41) is 0. The minimum atomic E-state index is 0.135. The first kappa shape index (κ1) is 22.9. The van der Waals surface area contributed by atoms with Gasteiger partial charge in [-0.25, -0.2) is 0 Å². The van der Waals surface area contributed by atoms with Crippen LogP contribution < -0.4 is 0 Å². The Balaban J connectivity index is -0.000000222. The van der Waals surface area contributed by atoms with Gasteiger partial charge >= 0.3 is 0 Å². The summed E-state index contributed by atoms with van der Waals surface area (Å²) in [4.78, 5) is 29.4. The summed E-state index contributed by atoms with van der Waals surface area (Å²) in [5.74, 6) is 1.48. The fraction of sp³-hybridized carbons (Fsp3) is 0.688. The molecule has 112 valence electrons. The number of carbonyl (C=O) groups excluding carboxylic acids is 3. The number of Topliss-reactive ketones (excluding diaryl/α,β-unsaturated/α-hetero) is 1. The average Bonchev–Trinajstić information content (AvgIpc) is 2.15. The van der Waals surface area contributed by atoms with Crippen LogP contribution in [0.1, 0.15) is 61.3 Å². The molecule has 0 saturated heterocycles. The minimum absolute atomic E-state index is 0.135. The normalized spacial score (nSPS) is 9.53. The van der Waals surface area contributed by atoms with Crippen molar-refractivity contribution in [2.75, 3.05) is 0 Å². The molecule has 0 bridgehead atoms.